The van der Waals surface area contributed by atoms with Gasteiger partial charge in [0.15, 0.2) is 11.6 Å². The standard InChI is InChI=1S/C14H20FNO2/c1-2-11(16)8-10-4-3-5-13(15)14(10)18-12-6-7-17-9-12/h3-5,11-12H,2,6-9,16H2,1H3. The first-order valence-corrected chi connectivity index (χ1v) is 6.48. The van der Waals surface area contributed by atoms with E-state index in [1.54, 1.807) is 6.07 Å². The zero-order valence-electron chi connectivity index (χ0n) is 10.7. The van der Waals surface area contributed by atoms with Gasteiger partial charge < -0.3 is 15.2 Å². The third kappa shape index (κ3) is 3.21. The van der Waals surface area contributed by atoms with Crippen molar-refractivity contribution in [2.75, 3.05) is 13.2 Å². The van der Waals surface area contributed by atoms with E-state index in [1.165, 1.54) is 6.07 Å². The van der Waals surface area contributed by atoms with E-state index in [1.807, 2.05) is 13.0 Å². The Morgan fingerprint density at radius 3 is 3.06 bits per heavy atom. The van der Waals surface area contributed by atoms with Crippen LogP contribution >= 0.6 is 0 Å². The SMILES string of the molecule is CCC(N)Cc1cccc(F)c1OC1CCOC1. The molecule has 0 bridgehead atoms. The minimum Gasteiger partial charge on any atom is -0.485 e. The van der Waals surface area contributed by atoms with Crippen LogP contribution in [0.1, 0.15) is 25.3 Å². The van der Waals surface area contributed by atoms with Crippen molar-refractivity contribution in [2.24, 2.45) is 5.73 Å². The lowest BCUT2D eigenvalue weighted by Crippen LogP contribution is -2.23. The van der Waals surface area contributed by atoms with Crippen molar-refractivity contribution >= 4 is 0 Å². The molecule has 0 spiro atoms. The molecule has 0 aromatic heterocycles. The molecule has 0 aliphatic carbocycles. The quantitative estimate of drug-likeness (QED) is 0.875. The molecule has 2 rings (SSSR count). The van der Waals surface area contributed by atoms with Crippen molar-refractivity contribution in [3.63, 3.8) is 0 Å². The molecule has 1 heterocycles. The molecule has 100 valence electrons. The largest absolute Gasteiger partial charge is 0.485 e. The zero-order valence-corrected chi connectivity index (χ0v) is 10.7. The molecule has 18 heavy (non-hydrogen) atoms. The monoisotopic (exact) mass is 253 g/mol. The van der Waals surface area contributed by atoms with Crippen molar-refractivity contribution in [2.45, 2.75) is 38.3 Å². The fraction of sp³-hybridized carbons (Fsp3) is 0.571. The van der Waals surface area contributed by atoms with Crippen molar-refractivity contribution in [3.8, 4) is 5.75 Å². The van der Waals surface area contributed by atoms with Gasteiger partial charge in [0.25, 0.3) is 0 Å². The number of nitrogens with two attached hydrogens (primary N) is 1. The lowest BCUT2D eigenvalue weighted by atomic mass is 10.0. The Hall–Kier alpha value is -1.13. The first-order chi connectivity index (χ1) is 8.70. The highest BCUT2D eigenvalue weighted by Crippen LogP contribution is 2.26. The molecule has 4 heteroatoms. The molecule has 3 nitrogen and oxygen atoms in total. The van der Waals surface area contributed by atoms with Gasteiger partial charge in [-0.1, -0.05) is 19.1 Å². The fourth-order valence-electron chi connectivity index (χ4n) is 2.05. The number of rotatable bonds is 5. The minimum atomic E-state index is -0.317. The predicted molar refractivity (Wildman–Crippen MR) is 68.2 cm³/mol. The molecule has 1 fully saturated rings. The van der Waals surface area contributed by atoms with Crippen LogP contribution in [0.5, 0.6) is 5.75 Å². The fourth-order valence-corrected chi connectivity index (χ4v) is 2.05. The summed E-state index contributed by atoms with van der Waals surface area (Å²) in [4.78, 5) is 0. The molecule has 0 radical (unpaired) electrons. The lowest BCUT2D eigenvalue weighted by molar-refractivity contribution is 0.137. The number of benzene rings is 1. The van der Waals surface area contributed by atoms with Crippen LogP contribution in [0.3, 0.4) is 0 Å². The highest BCUT2D eigenvalue weighted by atomic mass is 19.1. The van der Waals surface area contributed by atoms with Crippen LogP contribution in [-0.2, 0) is 11.2 Å². The summed E-state index contributed by atoms with van der Waals surface area (Å²) in [7, 11) is 0. The average Bonchev–Trinajstić information content (AvgIpc) is 2.86. The summed E-state index contributed by atoms with van der Waals surface area (Å²) >= 11 is 0. The maximum atomic E-state index is 13.9. The van der Waals surface area contributed by atoms with Gasteiger partial charge >= 0.3 is 0 Å². The minimum absolute atomic E-state index is 0.0361. The second-order valence-corrected chi connectivity index (χ2v) is 4.70. The highest BCUT2D eigenvalue weighted by Gasteiger charge is 2.21. The average molecular weight is 253 g/mol. The molecule has 1 aromatic carbocycles. The van der Waals surface area contributed by atoms with E-state index in [-0.39, 0.29) is 18.0 Å². The second-order valence-electron chi connectivity index (χ2n) is 4.70. The molecule has 2 atom stereocenters. The number of halogens is 1. The van der Waals surface area contributed by atoms with Crippen LogP contribution in [-0.4, -0.2) is 25.4 Å². The van der Waals surface area contributed by atoms with E-state index in [9.17, 15) is 4.39 Å². The van der Waals surface area contributed by atoms with Gasteiger partial charge in [0.05, 0.1) is 13.2 Å². The van der Waals surface area contributed by atoms with E-state index >= 15 is 0 Å². The molecule has 1 saturated heterocycles. The van der Waals surface area contributed by atoms with Crippen molar-refractivity contribution in [1.29, 1.82) is 0 Å². The van der Waals surface area contributed by atoms with Crippen LogP contribution in [0, 0.1) is 5.82 Å². The van der Waals surface area contributed by atoms with Crippen molar-refractivity contribution < 1.29 is 13.9 Å². The third-order valence-electron chi connectivity index (χ3n) is 3.23. The summed E-state index contributed by atoms with van der Waals surface area (Å²) < 4.78 is 24.8. The first kappa shape index (κ1) is 13.3. The van der Waals surface area contributed by atoms with Gasteiger partial charge in [-0.15, -0.1) is 0 Å². The summed E-state index contributed by atoms with van der Waals surface area (Å²) in [6.07, 6.45) is 2.27. The van der Waals surface area contributed by atoms with Crippen LogP contribution in [0.4, 0.5) is 4.39 Å². The van der Waals surface area contributed by atoms with E-state index in [4.69, 9.17) is 15.2 Å². The molecule has 1 aliphatic heterocycles. The maximum Gasteiger partial charge on any atom is 0.165 e. The molecule has 0 amide bonds. The van der Waals surface area contributed by atoms with E-state index in [0.29, 0.717) is 25.4 Å². The Labute approximate surface area is 107 Å². The molecule has 2 N–H and O–H groups in total. The third-order valence-corrected chi connectivity index (χ3v) is 3.23. The Kier molecular flexibility index (Phi) is 4.55. The Bertz CT molecular complexity index is 391. The number of hydrogen-bond acceptors (Lipinski definition) is 3. The number of hydrogen-bond donors (Lipinski definition) is 1. The van der Waals surface area contributed by atoms with Gasteiger partial charge in [-0.3, -0.25) is 0 Å². The van der Waals surface area contributed by atoms with Crippen LogP contribution in [0.15, 0.2) is 18.2 Å². The van der Waals surface area contributed by atoms with E-state index < -0.39 is 0 Å². The molecule has 2 unspecified atom stereocenters. The molecule has 0 saturated carbocycles. The Balaban J connectivity index is 2.14. The summed E-state index contributed by atoms with van der Waals surface area (Å²) in [5.41, 5.74) is 6.77. The van der Waals surface area contributed by atoms with Gasteiger partial charge in [0.2, 0.25) is 0 Å². The van der Waals surface area contributed by atoms with Gasteiger partial charge in [-0.25, -0.2) is 4.39 Å². The second kappa shape index (κ2) is 6.16. The molecular weight excluding hydrogens is 233 g/mol. The summed E-state index contributed by atoms with van der Waals surface area (Å²) in [5.74, 6) is 0.0274. The molecular formula is C14H20FNO2. The molecule has 1 aromatic rings. The zero-order chi connectivity index (χ0) is 13.0. The lowest BCUT2D eigenvalue weighted by Gasteiger charge is -2.18. The Morgan fingerprint density at radius 1 is 1.56 bits per heavy atom. The predicted octanol–water partition coefficient (Wildman–Crippen LogP) is 2.27. The van der Waals surface area contributed by atoms with E-state index in [0.717, 1.165) is 18.4 Å². The molecule has 1 aliphatic rings. The number of para-hydroxylation sites is 1. The van der Waals surface area contributed by atoms with E-state index in [2.05, 4.69) is 0 Å². The van der Waals surface area contributed by atoms with Gasteiger partial charge in [-0.05, 0) is 24.5 Å². The van der Waals surface area contributed by atoms with Crippen LogP contribution < -0.4 is 10.5 Å². The smallest absolute Gasteiger partial charge is 0.165 e. The topological polar surface area (TPSA) is 44.5 Å². The summed E-state index contributed by atoms with van der Waals surface area (Å²) in [6.45, 7) is 3.24. The van der Waals surface area contributed by atoms with Crippen molar-refractivity contribution in [1.82, 2.24) is 0 Å². The summed E-state index contributed by atoms with van der Waals surface area (Å²) in [6, 6.07) is 5.04. The summed E-state index contributed by atoms with van der Waals surface area (Å²) in [5, 5.41) is 0. The van der Waals surface area contributed by atoms with Crippen LogP contribution in [0.25, 0.3) is 0 Å². The van der Waals surface area contributed by atoms with Gasteiger partial charge in [0.1, 0.15) is 6.10 Å². The Morgan fingerprint density at radius 2 is 2.39 bits per heavy atom. The number of ether oxygens (including phenoxy) is 2. The van der Waals surface area contributed by atoms with Gasteiger partial charge in [0, 0.05) is 12.5 Å². The normalized spacial score (nSPS) is 20.9. The van der Waals surface area contributed by atoms with Crippen LogP contribution in [0.2, 0.25) is 0 Å². The highest BCUT2D eigenvalue weighted by molar-refractivity contribution is 5.36. The first-order valence-electron chi connectivity index (χ1n) is 6.48. The van der Waals surface area contributed by atoms with Gasteiger partial charge in [-0.2, -0.15) is 0 Å². The maximum absolute atomic E-state index is 13.9. The van der Waals surface area contributed by atoms with Crippen molar-refractivity contribution in [3.05, 3.63) is 29.6 Å².